The lowest BCUT2D eigenvalue weighted by atomic mass is 9.76. The maximum absolute atomic E-state index is 15.0. The highest BCUT2D eigenvalue weighted by atomic mass is 28.4. The smallest absolute Gasteiger partial charge is 0.420 e. The third-order valence-electron chi connectivity index (χ3n) is 13.5. The van der Waals surface area contributed by atoms with Gasteiger partial charge in [0.1, 0.15) is 25.1 Å². The summed E-state index contributed by atoms with van der Waals surface area (Å²) >= 11 is 0. The van der Waals surface area contributed by atoms with Crippen molar-refractivity contribution in [1.82, 2.24) is 14.5 Å². The standard InChI is InChI=1S/C50H85N3O13Si2/c1-21-25-58-50(11)28-32(4)40(54)31(3)27-48(9,64-47(56)53-24-23-51-30-53)38(22-2)61-45(55)35(7)41(62-39-29-49(10,57-14)44(36(8)60-39)66-68(18,19)20)34(6)43(50)63-46-42(65-67(15,16)17)37(52(12)13)26-33(5)59-46/h1,23-24,27,30,32-39,41-44,46H,22,25-26,28-29H2,2-20H3/b31-27+/t32-,33-,34+,35-,36?,37+,38-,39?,41+,42-,43-,44?,46+,48+,49?,50-/m1/s1. The summed E-state index contributed by atoms with van der Waals surface area (Å²) in [4.78, 5) is 49.5. The molecule has 0 spiro atoms. The van der Waals surface area contributed by atoms with E-state index in [0.717, 1.165) is 0 Å². The molecule has 3 aliphatic heterocycles. The molecule has 4 unspecified atom stereocenters. The summed E-state index contributed by atoms with van der Waals surface area (Å²) in [6, 6.07) is -0.0743. The van der Waals surface area contributed by atoms with Crippen molar-refractivity contribution in [1.29, 1.82) is 0 Å². The second-order valence-corrected chi connectivity index (χ2v) is 31.1. The summed E-state index contributed by atoms with van der Waals surface area (Å²) in [6.07, 6.45) is 5.87. The molecule has 0 radical (unpaired) electrons. The lowest BCUT2D eigenvalue weighted by Gasteiger charge is -2.51. The van der Waals surface area contributed by atoms with E-state index in [4.69, 9.17) is 53.2 Å². The van der Waals surface area contributed by atoms with Crippen LogP contribution in [0.5, 0.6) is 0 Å². The molecule has 68 heavy (non-hydrogen) atoms. The van der Waals surface area contributed by atoms with Crippen LogP contribution in [-0.4, -0.2) is 155 Å². The summed E-state index contributed by atoms with van der Waals surface area (Å²) in [5, 5.41) is 0. The average molecular weight is 992 g/mol. The van der Waals surface area contributed by atoms with Crippen molar-refractivity contribution in [2.45, 2.75) is 212 Å². The lowest BCUT2D eigenvalue weighted by molar-refractivity contribution is -0.317. The van der Waals surface area contributed by atoms with Gasteiger partial charge in [0.15, 0.2) is 40.6 Å². The number of esters is 1. The zero-order valence-electron chi connectivity index (χ0n) is 44.6. The Balaban J connectivity index is 1.98. The lowest BCUT2D eigenvalue weighted by Crippen LogP contribution is -2.63. The molecule has 0 amide bonds. The van der Waals surface area contributed by atoms with Crippen molar-refractivity contribution in [2.24, 2.45) is 17.8 Å². The molecule has 2 fully saturated rings. The zero-order valence-corrected chi connectivity index (χ0v) is 46.6. The number of methoxy groups -OCH3 is 1. The topological polar surface area (TPSA) is 165 Å². The minimum absolute atomic E-state index is 0.0743. The van der Waals surface area contributed by atoms with Crippen LogP contribution in [0.3, 0.4) is 0 Å². The second-order valence-electron chi connectivity index (χ2n) is 22.2. The van der Waals surface area contributed by atoms with Crippen LogP contribution in [0.2, 0.25) is 39.3 Å². The van der Waals surface area contributed by atoms with Gasteiger partial charge in [0.25, 0.3) is 0 Å². The van der Waals surface area contributed by atoms with Crippen LogP contribution in [0, 0.1) is 30.1 Å². The Morgan fingerprint density at radius 3 is 2.13 bits per heavy atom. The highest BCUT2D eigenvalue weighted by molar-refractivity contribution is 6.70. The maximum atomic E-state index is 15.0. The summed E-state index contributed by atoms with van der Waals surface area (Å²) in [5.74, 6) is -0.654. The molecule has 16 nitrogen and oxygen atoms in total. The number of hydrogen-bond acceptors (Lipinski definition) is 15. The molecule has 0 bridgehead atoms. The first kappa shape index (κ1) is 57.8. The number of hydrogen-bond donors (Lipinski definition) is 0. The minimum atomic E-state index is -2.23. The van der Waals surface area contributed by atoms with Crippen molar-refractivity contribution in [3.8, 4) is 12.3 Å². The first-order chi connectivity index (χ1) is 31.4. The van der Waals surface area contributed by atoms with E-state index in [-0.39, 0.29) is 43.8 Å². The number of imidazole rings is 1. The highest BCUT2D eigenvalue weighted by Gasteiger charge is 2.54. The van der Waals surface area contributed by atoms with Gasteiger partial charge in [-0.2, -0.15) is 0 Å². The Hall–Kier alpha value is -2.81. The van der Waals surface area contributed by atoms with Crippen molar-refractivity contribution in [3.63, 3.8) is 0 Å². The molecule has 18 heteroatoms. The van der Waals surface area contributed by atoms with Gasteiger partial charge in [0.05, 0.1) is 47.6 Å². The van der Waals surface area contributed by atoms with Gasteiger partial charge in [0.2, 0.25) is 0 Å². The molecule has 3 aliphatic rings. The summed E-state index contributed by atoms with van der Waals surface area (Å²) in [5.41, 5.74) is -3.46. The predicted octanol–water partition coefficient (Wildman–Crippen LogP) is 8.00. The molecule has 386 valence electrons. The van der Waals surface area contributed by atoms with E-state index in [1.807, 2.05) is 62.6 Å². The largest absolute Gasteiger partial charge is 0.457 e. The van der Waals surface area contributed by atoms with E-state index >= 15 is 4.79 Å². The number of ether oxygens (including phenoxy) is 8. The molecule has 1 aromatic heterocycles. The highest BCUT2D eigenvalue weighted by Crippen LogP contribution is 2.43. The third-order valence-corrected chi connectivity index (χ3v) is 15.5. The SMILES string of the molecule is C#CCO[C@]1(C)C[C@@H](C)C(=O)/C(C)=C/[C@](C)(OC(=O)n2ccnc2)[C@@H](CC)OC(=O)[C@H](C)[C@@H](OC2CC(C)(OC)C(O[Si](C)(C)C)C(C)O2)[C@H](C)[C@H]1O[C@@H]1O[C@H](C)C[C@H](N(C)C)[C@H]1O[Si](C)(C)C. The van der Waals surface area contributed by atoms with Crippen LogP contribution < -0.4 is 0 Å². The van der Waals surface area contributed by atoms with E-state index in [1.165, 1.54) is 23.3 Å². The number of carbonyl (C=O) groups excluding carboxylic acids is 3. The molecule has 4 rings (SSSR count). The van der Waals surface area contributed by atoms with Crippen molar-refractivity contribution >= 4 is 34.5 Å². The number of Topliss-reactive ketones (excluding diaryl/α,β-unsaturated/α-hetero) is 1. The van der Waals surface area contributed by atoms with E-state index in [1.54, 1.807) is 34.0 Å². The van der Waals surface area contributed by atoms with Crippen molar-refractivity contribution in [2.75, 3.05) is 27.8 Å². The number of carbonyl (C=O) groups is 3. The summed E-state index contributed by atoms with van der Waals surface area (Å²) < 4.78 is 68.4. The van der Waals surface area contributed by atoms with Crippen molar-refractivity contribution < 1.29 is 61.1 Å². The van der Waals surface area contributed by atoms with Crippen molar-refractivity contribution in [3.05, 3.63) is 30.4 Å². The number of aromatic nitrogens is 2. The van der Waals surface area contributed by atoms with Crippen LogP contribution >= 0.6 is 0 Å². The van der Waals surface area contributed by atoms with E-state index in [9.17, 15) is 9.59 Å². The van der Waals surface area contributed by atoms with Gasteiger partial charge < -0.3 is 51.6 Å². The number of ketones is 1. The predicted molar refractivity (Wildman–Crippen MR) is 264 cm³/mol. The van der Waals surface area contributed by atoms with Crippen LogP contribution in [0.25, 0.3) is 0 Å². The zero-order chi connectivity index (χ0) is 51.3. The number of allylic oxidation sites excluding steroid dienone is 1. The van der Waals surface area contributed by atoms with Crippen LogP contribution in [0.4, 0.5) is 4.79 Å². The van der Waals surface area contributed by atoms with Crippen LogP contribution in [0.1, 0.15) is 94.9 Å². The monoisotopic (exact) mass is 992 g/mol. The fourth-order valence-corrected chi connectivity index (χ4v) is 12.5. The second kappa shape index (κ2) is 23.2. The molecule has 0 aromatic carbocycles. The van der Waals surface area contributed by atoms with E-state index in [0.29, 0.717) is 12.0 Å². The quantitative estimate of drug-likeness (QED) is 0.1000. The first-order valence-electron chi connectivity index (χ1n) is 24.3. The van der Waals surface area contributed by atoms with E-state index < -0.39 is 112 Å². The Bertz CT molecular complexity index is 1920. The Morgan fingerprint density at radius 1 is 0.941 bits per heavy atom. The number of likely N-dealkylation sites (N-methyl/N-ethyl adjacent to an activating group) is 1. The molecule has 1 aromatic rings. The fourth-order valence-electron chi connectivity index (χ4n) is 10.2. The first-order valence-corrected chi connectivity index (χ1v) is 31.1. The number of cyclic esters (lactones) is 1. The Morgan fingerprint density at radius 2 is 1.59 bits per heavy atom. The minimum Gasteiger partial charge on any atom is -0.457 e. The number of terminal acetylenes is 1. The summed E-state index contributed by atoms with van der Waals surface area (Å²) in [7, 11) is 1.40. The van der Waals surface area contributed by atoms with Gasteiger partial charge in [-0.3, -0.25) is 9.59 Å². The molecule has 0 N–H and O–H groups in total. The molecule has 2 saturated heterocycles. The molecule has 16 atom stereocenters. The Labute approximate surface area is 409 Å². The van der Waals surface area contributed by atoms with Gasteiger partial charge in [-0.15, -0.1) is 6.42 Å². The van der Waals surface area contributed by atoms with Crippen LogP contribution in [-0.2, 0) is 56.3 Å². The maximum Gasteiger partial charge on any atom is 0.420 e. The molecule has 0 saturated carbocycles. The van der Waals surface area contributed by atoms with Gasteiger partial charge in [0, 0.05) is 43.8 Å². The normalized spacial score (nSPS) is 39.0. The van der Waals surface area contributed by atoms with E-state index in [2.05, 4.69) is 55.1 Å². The number of rotatable bonds is 14. The Kier molecular flexibility index (Phi) is 19.7. The van der Waals surface area contributed by atoms with Gasteiger partial charge in [-0.1, -0.05) is 26.7 Å². The van der Waals surface area contributed by atoms with Gasteiger partial charge >= 0.3 is 12.1 Å². The molecular formula is C50H85N3O13Si2. The van der Waals surface area contributed by atoms with Gasteiger partial charge in [-0.05, 0) is 133 Å². The third kappa shape index (κ3) is 14.4. The summed E-state index contributed by atoms with van der Waals surface area (Å²) in [6.45, 7) is 31.1. The van der Waals surface area contributed by atoms with Crippen LogP contribution in [0.15, 0.2) is 30.4 Å². The average Bonchev–Trinajstić information content (AvgIpc) is 3.79. The molecule has 0 aliphatic carbocycles. The number of nitrogens with zero attached hydrogens (tertiary/aromatic N) is 3. The molecular weight excluding hydrogens is 907 g/mol. The molecule has 4 heterocycles. The van der Waals surface area contributed by atoms with Gasteiger partial charge in [-0.25, -0.2) is 14.3 Å². The fraction of sp³-hybridized carbons (Fsp3) is 0.800.